The van der Waals surface area contributed by atoms with Crippen LogP contribution in [0, 0.1) is 0 Å². The van der Waals surface area contributed by atoms with E-state index in [9.17, 15) is 13.2 Å². The molecule has 0 bridgehead atoms. The normalized spacial score (nSPS) is 11.9. The lowest BCUT2D eigenvalue weighted by atomic mass is 10.0. The Hall–Kier alpha value is -1.82. The summed E-state index contributed by atoms with van der Waals surface area (Å²) in [4.78, 5) is 0. The monoisotopic (exact) mass is 297 g/mol. The van der Waals surface area contributed by atoms with E-state index in [1.165, 1.54) is 12.1 Å². The van der Waals surface area contributed by atoms with Gasteiger partial charge in [0.05, 0.1) is 11.3 Å². The summed E-state index contributed by atoms with van der Waals surface area (Å²) in [7, 11) is 3.70. The average molecular weight is 297 g/mol. The zero-order valence-corrected chi connectivity index (χ0v) is 12.0. The van der Waals surface area contributed by atoms with E-state index in [0.717, 1.165) is 48.3 Å². The molecule has 2 aromatic rings. The first-order valence-electron chi connectivity index (χ1n) is 6.76. The zero-order valence-electron chi connectivity index (χ0n) is 12.0. The molecule has 0 aliphatic rings. The third-order valence-electron chi connectivity index (χ3n) is 3.27. The van der Waals surface area contributed by atoms with Crippen molar-refractivity contribution >= 4 is 0 Å². The fourth-order valence-corrected chi connectivity index (χ4v) is 2.23. The second-order valence-corrected chi connectivity index (χ2v) is 4.95. The van der Waals surface area contributed by atoms with Gasteiger partial charge in [-0.1, -0.05) is 12.1 Å². The van der Waals surface area contributed by atoms with Crippen molar-refractivity contribution < 1.29 is 13.2 Å². The molecule has 0 saturated carbocycles. The van der Waals surface area contributed by atoms with Crippen LogP contribution in [0.3, 0.4) is 0 Å². The van der Waals surface area contributed by atoms with E-state index in [4.69, 9.17) is 0 Å². The van der Waals surface area contributed by atoms with Crippen LogP contribution in [-0.2, 0) is 19.6 Å². The van der Waals surface area contributed by atoms with Gasteiger partial charge in [-0.25, -0.2) is 0 Å². The second kappa shape index (κ2) is 6.30. The van der Waals surface area contributed by atoms with E-state index in [0.29, 0.717) is 0 Å². The predicted molar refractivity (Wildman–Crippen MR) is 75.9 cm³/mol. The number of benzene rings is 1. The van der Waals surface area contributed by atoms with Gasteiger partial charge in [-0.2, -0.15) is 18.3 Å². The number of hydrogen-bond donors (Lipinski definition) is 1. The molecule has 6 heteroatoms. The molecule has 0 spiro atoms. The molecular weight excluding hydrogens is 279 g/mol. The van der Waals surface area contributed by atoms with E-state index >= 15 is 0 Å². The highest BCUT2D eigenvalue weighted by Gasteiger charge is 2.30. The number of alkyl halides is 3. The summed E-state index contributed by atoms with van der Waals surface area (Å²) in [5, 5.41) is 7.47. The van der Waals surface area contributed by atoms with Crippen LogP contribution >= 0.6 is 0 Å². The molecule has 0 unspecified atom stereocenters. The van der Waals surface area contributed by atoms with Gasteiger partial charge in [-0.3, -0.25) is 4.68 Å². The number of nitrogens with zero attached hydrogens (tertiary/aromatic N) is 2. The lowest BCUT2D eigenvalue weighted by molar-refractivity contribution is -0.137. The Kier molecular flexibility index (Phi) is 4.67. The maximum absolute atomic E-state index is 12.6. The van der Waals surface area contributed by atoms with Crippen molar-refractivity contribution in [3.8, 4) is 11.1 Å². The van der Waals surface area contributed by atoms with Crippen molar-refractivity contribution in [1.82, 2.24) is 15.1 Å². The molecule has 0 aliphatic heterocycles. The number of aryl methyl sites for hydroxylation is 2. The van der Waals surface area contributed by atoms with Crippen molar-refractivity contribution in [2.45, 2.75) is 19.0 Å². The molecule has 3 nitrogen and oxygen atoms in total. The lowest BCUT2D eigenvalue weighted by Gasteiger charge is -2.07. The van der Waals surface area contributed by atoms with Crippen LogP contribution in [0.4, 0.5) is 13.2 Å². The second-order valence-electron chi connectivity index (χ2n) is 4.95. The van der Waals surface area contributed by atoms with Gasteiger partial charge in [0.1, 0.15) is 0 Å². The first-order chi connectivity index (χ1) is 9.91. The number of rotatable bonds is 5. The molecule has 0 aliphatic carbocycles. The van der Waals surface area contributed by atoms with E-state index in [-0.39, 0.29) is 0 Å². The van der Waals surface area contributed by atoms with Crippen molar-refractivity contribution in [2.24, 2.45) is 7.05 Å². The topological polar surface area (TPSA) is 29.9 Å². The predicted octanol–water partition coefficient (Wildman–Crippen LogP) is 3.26. The third kappa shape index (κ3) is 3.85. The standard InChI is InChI=1S/C15H18F3N3/c1-19-9-3-4-14-13(10-21(2)20-14)11-5-7-12(8-6-11)15(16,17)18/h5-8,10,19H,3-4,9H2,1-2H3. The van der Waals surface area contributed by atoms with Gasteiger partial charge < -0.3 is 5.32 Å². The summed E-state index contributed by atoms with van der Waals surface area (Å²) < 4.78 is 39.5. The summed E-state index contributed by atoms with van der Waals surface area (Å²) >= 11 is 0. The maximum Gasteiger partial charge on any atom is 0.416 e. The van der Waals surface area contributed by atoms with Crippen LogP contribution in [0.1, 0.15) is 17.7 Å². The Morgan fingerprint density at radius 2 is 1.86 bits per heavy atom. The van der Waals surface area contributed by atoms with E-state index in [2.05, 4.69) is 10.4 Å². The molecule has 0 amide bonds. The van der Waals surface area contributed by atoms with Gasteiger partial charge in [0, 0.05) is 18.8 Å². The Bertz CT molecular complexity index is 585. The highest BCUT2D eigenvalue weighted by Crippen LogP contribution is 2.31. The molecule has 1 heterocycles. The SMILES string of the molecule is CNCCCc1nn(C)cc1-c1ccc(C(F)(F)F)cc1. The Labute approximate surface area is 121 Å². The van der Waals surface area contributed by atoms with Gasteiger partial charge >= 0.3 is 6.18 Å². The Morgan fingerprint density at radius 3 is 2.43 bits per heavy atom. The van der Waals surface area contributed by atoms with Crippen LogP contribution in [0.2, 0.25) is 0 Å². The molecular formula is C15H18F3N3. The average Bonchev–Trinajstić information content (AvgIpc) is 2.79. The Balaban J connectivity index is 2.25. The van der Waals surface area contributed by atoms with Crippen molar-refractivity contribution in [3.63, 3.8) is 0 Å². The molecule has 114 valence electrons. The van der Waals surface area contributed by atoms with Crippen LogP contribution in [0.25, 0.3) is 11.1 Å². The number of hydrogen-bond acceptors (Lipinski definition) is 2. The first-order valence-corrected chi connectivity index (χ1v) is 6.76. The summed E-state index contributed by atoms with van der Waals surface area (Å²) in [6, 6.07) is 5.22. The molecule has 21 heavy (non-hydrogen) atoms. The van der Waals surface area contributed by atoms with Gasteiger partial charge in [-0.05, 0) is 44.1 Å². The summed E-state index contributed by atoms with van der Waals surface area (Å²) in [6.45, 7) is 0.878. The van der Waals surface area contributed by atoms with Gasteiger partial charge in [0.25, 0.3) is 0 Å². The smallest absolute Gasteiger partial charge is 0.320 e. The van der Waals surface area contributed by atoms with Crippen LogP contribution in [-0.4, -0.2) is 23.4 Å². The van der Waals surface area contributed by atoms with Gasteiger partial charge in [0.15, 0.2) is 0 Å². The van der Waals surface area contributed by atoms with Gasteiger partial charge in [0.2, 0.25) is 0 Å². The van der Waals surface area contributed by atoms with E-state index in [1.807, 2.05) is 20.3 Å². The highest BCUT2D eigenvalue weighted by atomic mass is 19.4. The van der Waals surface area contributed by atoms with E-state index < -0.39 is 11.7 Å². The fraction of sp³-hybridized carbons (Fsp3) is 0.400. The molecule has 0 fully saturated rings. The minimum atomic E-state index is -4.30. The van der Waals surface area contributed by atoms with Gasteiger partial charge in [-0.15, -0.1) is 0 Å². The minimum Gasteiger partial charge on any atom is -0.320 e. The molecule has 2 rings (SSSR count). The summed E-state index contributed by atoms with van der Waals surface area (Å²) in [6.07, 6.45) is -0.737. The van der Waals surface area contributed by atoms with Crippen molar-refractivity contribution in [1.29, 1.82) is 0 Å². The summed E-state index contributed by atoms with van der Waals surface area (Å²) in [5.41, 5.74) is 1.93. The summed E-state index contributed by atoms with van der Waals surface area (Å²) in [5.74, 6) is 0. The van der Waals surface area contributed by atoms with Crippen LogP contribution in [0.5, 0.6) is 0 Å². The van der Waals surface area contributed by atoms with Crippen molar-refractivity contribution in [3.05, 3.63) is 41.7 Å². The minimum absolute atomic E-state index is 0.633. The quantitative estimate of drug-likeness (QED) is 0.859. The lowest BCUT2D eigenvalue weighted by Crippen LogP contribution is -2.09. The molecule has 0 atom stereocenters. The molecule has 1 aromatic carbocycles. The number of nitrogens with one attached hydrogen (secondary N) is 1. The molecule has 0 radical (unpaired) electrons. The largest absolute Gasteiger partial charge is 0.416 e. The molecule has 0 saturated heterocycles. The van der Waals surface area contributed by atoms with Crippen LogP contribution < -0.4 is 5.32 Å². The van der Waals surface area contributed by atoms with Crippen LogP contribution in [0.15, 0.2) is 30.5 Å². The first kappa shape index (κ1) is 15.6. The molecule has 1 N–H and O–H groups in total. The fourth-order valence-electron chi connectivity index (χ4n) is 2.23. The molecule has 1 aromatic heterocycles. The van der Waals surface area contributed by atoms with Crippen molar-refractivity contribution in [2.75, 3.05) is 13.6 Å². The maximum atomic E-state index is 12.6. The number of halogens is 3. The highest BCUT2D eigenvalue weighted by molar-refractivity contribution is 5.65. The zero-order chi connectivity index (χ0) is 15.5. The number of aromatic nitrogens is 2. The Morgan fingerprint density at radius 1 is 1.19 bits per heavy atom. The van der Waals surface area contributed by atoms with E-state index in [1.54, 1.807) is 4.68 Å². The third-order valence-corrected chi connectivity index (χ3v) is 3.27.